The number of hydrogen-bond donors (Lipinski definition) is 1. The normalized spacial score (nSPS) is 12.6. The van der Waals surface area contributed by atoms with Crippen LogP contribution in [0.4, 0.5) is 0 Å². The minimum atomic E-state index is 0.0881. The number of benzene rings is 1. The summed E-state index contributed by atoms with van der Waals surface area (Å²) < 4.78 is 2.23. The number of nitrogens with one attached hydrogen (secondary N) is 1. The number of aryl methyl sites for hydroxylation is 1. The summed E-state index contributed by atoms with van der Waals surface area (Å²) in [6.07, 6.45) is 6.12. The summed E-state index contributed by atoms with van der Waals surface area (Å²) >= 11 is 6.30. The van der Waals surface area contributed by atoms with Gasteiger partial charge in [-0.3, -0.25) is 0 Å². The topological polar surface area (TPSA) is 29.9 Å². The van der Waals surface area contributed by atoms with Crippen LogP contribution < -0.4 is 5.32 Å². The van der Waals surface area contributed by atoms with Crippen molar-refractivity contribution in [1.82, 2.24) is 14.9 Å². The summed E-state index contributed by atoms with van der Waals surface area (Å²) in [6.45, 7) is 8.37. The Hall–Kier alpha value is -1.32. The summed E-state index contributed by atoms with van der Waals surface area (Å²) in [5.41, 5.74) is 2.33. The van der Waals surface area contributed by atoms with E-state index in [2.05, 4.69) is 47.9 Å². The Morgan fingerprint density at radius 2 is 2.10 bits per heavy atom. The minimum Gasteiger partial charge on any atom is -0.333 e. The standard InChI is InChI=1S/C17H24ClN3/c1-4-9-19-16(14-7-6-8-15(18)13(14)3)17-20-10-12-21(17)11-5-2/h6-8,10,12,16,19H,4-5,9,11H2,1-3H3. The molecule has 0 radical (unpaired) electrons. The zero-order chi connectivity index (χ0) is 15.2. The lowest BCUT2D eigenvalue weighted by Gasteiger charge is -2.22. The van der Waals surface area contributed by atoms with Crippen LogP contribution in [0.2, 0.25) is 5.02 Å². The van der Waals surface area contributed by atoms with Crippen LogP contribution in [0.5, 0.6) is 0 Å². The van der Waals surface area contributed by atoms with Crippen molar-refractivity contribution >= 4 is 11.6 Å². The van der Waals surface area contributed by atoms with Crippen LogP contribution in [-0.4, -0.2) is 16.1 Å². The lowest BCUT2D eigenvalue weighted by atomic mass is 10.00. The van der Waals surface area contributed by atoms with Crippen molar-refractivity contribution in [3.63, 3.8) is 0 Å². The first kappa shape index (κ1) is 16.1. The van der Waals surface area contributed by atoms with Crippen LogP contribution in [0.15, 0.2) is 30.6 Å². The average Bonchev–Trinajstić information content (AvgIpc) is 2.92. The maximum atomic E-state index is 6.30. The molecule has 0 saturated carbocycles. The Labute approximate surface area is 132 Å². The van der Waals surface area contributed by atoms with Gasteiger partial charge in [0.2, 0.25) is 0 Å². The highest BCUT2D eigenvalue weighted by Crippen LogP contribution is 2.28. The molecule has 1 unspecified atom stereocenters. The van der Waals surface area contributed by atoms with Gasteiger partial charge >= 0.3 is 0 Å². The van der Waals surface area contributed by atoms with Crippen molar-refractivity contribution in [2.75, 3.05) is 6.54 Å². The number of imidazole rings is 1. The molecule has 114 valence electrons. The second-order valence-electron chi connectivity index (χ2n) is 5.32. The van der Waals surface area contributed by atoms with E-state index in [-0.39, 0.29) is 6.04 Å². The lowest BCUT2D eigenvalue weighted by Crippen LogP contribution is -2.27. The first-order valence-corrected chi connectivity index (χ1v) is 8.06. The van der Waals surface area contributed by atoms with Gasteiger partial charge in [-0.15, -0.1) is 0 Å². The van der Waals surface area contributed by atoms with Gasteiger partial charge in [-0.25, -0.2) is 4.98 Å². The molecule has 21 heavy (non-hydrogen) atoms. The van der Waals surface area contributed by atoms with Crippen LogP contribution in [0.1, 0.15) is 49.7 Å². The highest BCUT2D eigenvalue weighted by molar-refractivity contribution is 6.31. The molecule has 1 atom stereocenters. The third-order valence-electron chi connectivity index (χ3n) is 3.69. The molecule has 0 aliphatic rings. The Bertz CT molecular complexity index is 577. The van der Waals surface area contributed by atoms with Crippen molar-refractivity contribution in [3.05, 3.63) is 52.6 Å². The van der Waals surface area contributed by atoms with Crippen molar-refractivity contribution in [2.24, 2.45) is 0 Å². The lowest BCUT2D eigenvalue weighted by molar-refractivity contribution is 0.528. The van der Waals surface area contributed by atoms with Crippen molar-refractivity contribution in [1.29, 1.82) is 0 Å². The predicted octanol–water partition coefficient (Wildman–Crippen LogP) is 4.34. The molecule has 1 aromatic heterocycles. The second-order valence-corrected chi connectivity index (χ2v) is 5.73. The molecule has 1 N–H and O–H groups in total. The van der Waals surface area contributed by atoms with E-state index < -0.39 is 0 Å². The highest BCUT2D eigenvalue weighted by atomic mass is 35.5. The number of aromatic nitrogens is 2. The first-order valence-electron chi connectivity index (χ1n) is 7.68. The number of nitrogens with zero attached hydrogens (tertiary/aromatic N) is 2. The Morgan fingerprint density at radius 3 is 2.81 bits per heavy atom. The molecular weight excluding hydrogens is 282 g/mol. The van der Waals surface area contributed by atoms with Gasteiger partial charge in [0.25, 0.3) is 0 Å². The average molecular weight is 306 g/mol. The summed E-state index contributed by atoms with van der Waals surface area (Å²) in [7, 11) is 0. The Kier molecular flexibility index (Phi) is 5.83. The van der Waals surface area contributed by atoms with E-state index in [0.29, 0.717) is 0 Å². The SMILES string of the molecule is CCCNC(c1cccc(Cl)c1C)c1nccn1CCC. The molecule has 3 nitrogen and oxygen atoms in total. The third-order valence-corrected chi connectivity index (χ3v) is 4.10. The smallest absolute Gasteiger partial charge is 0.130 e. The maximum absolute atomic E-state index is 6.30. The molecule has 0 fully saturated rings. The van der Waals surface area contributed by atoms with Crippen LogP contribution in [0.3, 0.4) is 0 Å². The molecule has 0 aliphatic carbocycles. The Balaban J connectivity index is 2.42. The molecule has 0 amide bonds. The Morgan fingerprint density at radius 1 is 1.29 bits per heavy atom. The molecule has 0 bridgehead atoms. The third kappa shape index (κ3) is 3.66. The first-order chi connectivity index (χ1) is 10.2. The summed E-state index contributed by atoms with van der Waals surface area (Å²) in [5.74, 6) is 1.07. The van der Waals surface area contributed by atoms with Crippen molar-refractivity contribution in [3.8, 4) is 0 Å². The van der Waals surface area contributed by atoms with E-state index >= 15 is 0 Å². The van der Waals surface area contributed by atoms with E-state index in [1.807, 2.05) is 18.3 Å². The van der Waals surface area contributed by atoms with E-state index in [0.717, 1.165) is 42.3 Å². The number of rotatable bonds is 7. The molecule has 0 spiro atoms. The molecule has 0 saturated heterocycles. The zero-order valence-electron chi connectivity index (χ0n) is 13.1. The summed E-state index contributed by atoms with van der Waals surface area (Å²) in [4.78, 5) is 4.59. The van der Waals surface area contributed by atoms with E-state index in [4.69, 9.17) is 11.6 Å². The van der Waals surface area contributed by atoms with Crippen molar-refractivity contribution in [2.45, 2.75) is 46.2 Å². The fourth-order valence-corrected chi connectivity index (χ4v) is 2.76. The van der Waals surface area contributed by atoms with Gasteiger partial charge in [0.15, 0.2) is 0 Å². The molecule has 2 rings (SSSR count). The maximum Gasteiger partial charge on any atom is 0.130 e. The molecule has 1 aromatic carbocycles. The monoisotopic (exact) mass is 305 g/mol. The van der Waals surface area contributed by atoms with E-state index in [9.17, 15) is 0 Å². The summed E-state index contributed by atoms with van der Waals surface area (Å²) in [5, 5.41) is 4.42. The van der Waals surface area contributed by atoms with Crippen LogP contribution in [-0.2, 0) is 6.54 Å². The molecule has 4 heteroatoms. The highest BCUT2D eigenvalue weighted by Gasteiger charge is 2.20. The van der Waals surface area contributed by atoms with Crippen LogP contribution in [0, 0.1) is 6.92 Å². The van der Waals surface area contributed by atoms with Gasteiger partial charge in [-0.05, 0) is 43.5 Å². The molecule has 1 heterocycles. The van der Waals surface area contributed by atoms with Crippen LogP contribution >= 0.6 is 11.6 Å². The molecule has 0 aliphatic heterocycles. The fraction of sp³-hybridized carbons (Fsp3) is 0.471. The largest absolute Gasteiger partial charge is 0.333 e. The van der Waals surface area contributed by atoms with Gasteiger partial charge in [0, 0.05) is 24.0 Å². The summed E-state index contributed by atoms with van der Waals surface area (Å²) in [6, 6.07) is 6.18. The fourth-order valence-electron chi connectivity index (χ4n) is 2.58. The van der Waals surface area contributed by atoms with Gasteiger partial charge in [-0.2, -0.15) is 0 Å². The number of halogens is 1. The van der Waals surface area contributed by atoms with Crippen molar-refractivity contribution < 1.29 is 0 Å². The zero-order valence-corrected chi connectivity index (χ0v) is 13.8. The quantitative estimate of drug-likeness (QED) is 0.824. The van der Waals surface area contributed by atoms with Gasteiger partial charge in [-0.1, -0.05) is 37.6 Å². The van der Waals surface area contributed by atoms with Gasteiger partial charge in [0.05, 0.1) is 6.04 Å². The number of hydrogen-bond acceptors (Lipinski definition) is 2. The van der Waals surface area contributed by atoms with E-state index in [1.54, 1.807) is 0 Å². The van der Waals surface area contributed by atoms with Crippen LogP contribution in [0.25, 0.3) is 0 Å². The minimum absolute atomic E-state index is 0.0881. The molecule has 2 aromatic rings. The molecular formula is C17H24ClN3. The second kappa shape index (κ2) is 7.62. The predicted molar refractivity (Wildman–Crippen MR) is 88.8 cm³/mol. The van der Waals surface area contributed by atoms with Gasteiger partial charge in [0.1, 0.15) is 5.82 Å². The van der Waals surface area contributed by atoms with Gasteiger partial charge < -0.3 is 9.88 Å². The van der Waals surface area contributed by atoms with E-state index in [1.165, 1.54) is 5.56 Å².